The Bertz CT molecular complexity index is 669. The zero-order valence-corrected chi connectivity index (χ0v) is 10.1. The molecule has 1 aromatic heterocycles. The molecule has 0 bridgehead atoms. The summed E-state index contributed by atoms with van der Waals surface area (Å²) in [5.74, 6) is -0.511. The van der Waals surface area contributed by atoms with Crippen LogP contribution in [0.1, 0.15) is 5.89 Å². The second kappa shape index (κ2) is 4.08. The third-order valence-corrected chi connectivity index (χ3v) is 3.30. The van der Waals surface area contributed by atoms with Gasteiger partial charge in [-0.1, -0.05) is 0 Å². The van der Waals surface area contributed by atoms with Gasteiger partial charge in [0.1, 0.15) is 10.7 Å². The van der Waals surface area contributed by atoms with Gasteiger partial charge in [-0.05, 0) is 18.2 Å². The summed E-state index contributed by atoms with van der Waals surface area (Å²) in [7, 11) is 0.944. The number of hydrogen-bond donors (Lipinski definition) is 0. The fourth-order valence-electron chi connectivity index (χ4n) is 1.24. The molecule has 0 amide bonds. The van der Waals surface area contributed by atoms with Crippen molar-refractivity contribution in [2.45, 2.75) is 11.8 Å². The van der Waals surface area contributed by atoms with Crippen molar-refractivity contribution in [1.82, 2.24) is 10.2 Å². The van der Waals surface area contributed by atoms with E-state index in [1.54, 1.807) is 6.92 Å². The topological polar surface area (TPSA) is 73.1 Å². The van der Waals surface area contributed by atoms with Gasteiger partial charge in [0.15, 0.2) is 0 Å². The highest BCUT2D eigenvalue weighted by atomic mass is 35.7. The molecule has 0 aliphatic heterocycles. The van der Waals surface area contributed by atoms with Gasteiger partial charge in [-0.25, -0.2) is 12.8 Å². The lowest BCUT2D eigenvalue weighted by atomic mass is 10.2. The van der Waals surface area contributed by atoms with Crippen LogP contribution >= 0.6 is 10.7 Å². The molecule has 0 spiro atoms. The van der Waals surface area contributed by atoms with Crippen LogP contribution in [0.25, 0.3) is 11.5 Å². The summed E-state index contributed by atoms with van der Waals surface area (Å²) in [5.41, 5.74) is 0.284. The van der Waals surface area contributed by atoms with Gasteiger partial charge in [-0.15, -0.1) is 10.2 Å². The average molecular weight is 277 g/mol. The normalized spacial score (nSPS) is 11.7. The fourth-order valence-corrected chi connectivity index (χ4v) is 2.16. The van der Waals surface area contributed by atoms with Crippen molar-refractivity contribution >= 4 is 19.7 Å². The van der Waals surface area contributed by atoms with Gasteiger partial charge in [0.05, 0.1) is 0 Å². The van der Waals surface area contributed by atoms with Crippen molar-refractivity contribution in [2.24, 2.45) is 0 Å². The number of aryl methyl sites for hydroxylation is 1. The van der Waals surface area contributed by atoms with Gasteiger partial charge in [0, 0.05) is 23.2 Å². The van der Waals surface area contributed by atoms with Gasteiger partial charge < -0.3 is 4.42 Å². The molecule has 0 aliphatic rings. The van der Waals surface area contributed by atoms with Crippen LogP contribution in [0.15, 0.2) is 27.5 Å². The Morgan fingerprint density at radius 2 is 2.06 bits per heavy atom. The van der Waals surface area contributed by atoms with E-state index in [1.165, 1.54) is 6.07 Å². The predicted molar refractivity (Wildman–Crippen MR) is 57.5 cm³/mol. The van der Waals surface area contributed by atoms with E-state index in [2.05, 4.69) is 10.2 Å². The molecule has 1 aromatic carbocycles. The van der Waals surface area contributed by atoms with Crippen molar-refractivity contribution < 1.29 is 17.2 Å². The smallest absolute Gasteiger partial charge is 0.264 e. The lowest BCUT2D eigenvalue weighted by Crippen LogP contribution is -1.96. The third kappa shape index (κ3) is 2.45. The maximum atomic E-state index is 13.3. The number of benzene rings is 1. The number of nitrogens with zero attached hydrogens (tertiary/aromatic N) is 2. The van der Waals surface area contributed by atoms with E-state index in [0.29, 0.717) is 5.89 Å². The van der Waals surface area contributed by atoms with Crippen molar-refractivity contribution in [3.63, 3.8) is 0 Å². The molecule has 0 N–H and O–H groups in total. The Hall–Kier alpha value is -1.47. The highest BCUT2D eigenvalue weighted by Gasteiger charge is 2.18. The summed E-state index contributed by atoms with van der Waals surface area (Å²) >= 11 is 0. The molecule has 0 saturated heterocycles. The number of hydrogen-bond acceptors (Lipinski definition) is 5. The number of aromatic nitrogens is 2. The molecule has 2 aromatic rings. The maximum Gasteiger partial charge on any atom is 0.264 e. The Balaban J connectivity index is 2.59. The second-order valence-corrected chi connectivity index (χ2v) is 5.74. The van der Waals surface area contributed by atoms with Crippen molar-refractivity contribution in [2.75, 3.05) is 0 Å². The van der Waals surface area contributed by atoms with Crippen molar-refractivity contribution in [3.8, 4) is 11.5 Å². The van der Waals surface area contributed by atoms with E-state index in [-0.39, 0.29) is 11.5 Å². The molecular weight excluding hydrogens is 271 g/mol. The zero-order valence-electron chi connectivity index (χ0n) is 8.52. The van der Waals surface area contributed by atoms with E-state index in [0.717, 1.165) is 12.1 Å². The van der Waals surface area contributed by atoms with Gasteiger partial charge in [-0.2, -0.15) is 0 Å². The molecule has 1 heterocycles. The Morgan fingerprint density at radius 3 is 2.59 bits per heavy atom. The predicted octanol–water partition coefficient (Wildman–Crippen LogP) is 2.11. The average Bonchev–Trinajstić information content (AvgIpc) is 2.64. The van der Waals surface area contributed by atoms with Gasteiger partial charge in [-0.3, -0.25) is 0 Å². The van der Waals surface area contributed by atoms with Crippen molar-refractivity contribution in [1.29, 1.82) is 0 Å². The number of halogens is 2. The molecule has 0 atom stereocenters. The second-order valence-electron chi connectivity index (χ2n) is 3.21. The van der Waals surface area contributed by atoms with Crippen LogP contribution in [-0.2, 0) is 9.05 Å². The van der Waals surface area contributed by atoms with E-state index in [9.17, 15) is 12.8 Å². The fraction of sp³-hybridized carbons (Fsp3) is 0.111. The Morgan fingerprint density at radius 1 is 1.35 bits per heavy atom. The minimum absolute atomic E-state index is 0.101. The van der Waals surface area contributed by atoms with Gasteiger partial charge in [0.2, 0.25) is 11.8 Å². The molecule has 17 heavy (non-hydrogen) atoms. The van der Waals surface area contributed by atoms with E-state index in [4.69, 9.17) is 15.1 Å². The highest BCUT2D eigenvalue weighted by Crippen LogP contribution is 2.25. The van der Waals surface area contributed by atoms with Crippen LogP contribution in [0.3, 0.4) is 0 Å². The minimum atomic E-state index is -4.15. The molecule has 0 radical (unpaired) electrons. The zero-order chi connectivity index (χ0) is 12.6. The first-order chi connectivity index (χ1) is 7.88. The number of rotatable bonds is 2. The van der Waals surface area contributed by atoms with Crippen LogP contribution in [-0.4, -0.2) is 18.6 Å². The van der Waals surface area contributed by atoms with Crippen molar-refractivity contribution in [3.05, 3.63) is 29.9 Å². The monoisotopic (exact) mass is 276 g/mol. The lowest BCUT2D eigenvalue weighted by molar-refractivity contribution is 0.532. The molecule has 0 unspecified atom stereocenters. The quantitative estimate of drug-likeness (QED) is 0.786. The summed E-state index contributed by atoms with van der Waals surface area (Å²) in [5, 5.41) is 7.28. The molecule has 8 heteroatoms. The van der Waals surface area contributed by atoms with Gasteiger partial charge >= 0.3 is 0 Å². The summed E-state index contributed by atoms with van der Waals surface area (Å²) in [4.78, 5) is -0.618. The standard InChI is InChI=1S/C9H6ClFN2O3S/c1-5-12-13-9(16-5)6-2-3-7(11)8(4-6)17(10,14)15/h2-4H,1H3. The third-order valence-electron chi connectivity index (χ3n) is 1.97. The molecule has 0 fully saturated rings. The summed E-state index contributed by atoms with van der Waals surface area (Å²) < 4.78 is 40.6. The molecule has 0 saturated carbocycles. The van der Waals surface area contributed by atoms with Crippen LogP contribution in [0, 0.1) is 12.7 Å². The molecule has 0 aliphatic carbocycles. The van der Waals surface area contributed by atoms with Crippen LogP contribution in [0.5, 0.6) is 0 Å². The SMILES string of the molecule is Cc1nnc(-c2ccc(F)c(S(=O)(=O)Cl)c2)o1. The van der Waals surface area contributed by atoms with Crippen LogP contribution in [0.4, 0.5) is 4.39 Å². The Kier molecular flexibility index (Phi) is 2.88. The summed E-state index contributed by atoms with van der Waals surface area (Å²) in [6, 6.07) is 3.35. The summed E-state index contributed by atoms with van der Waals surface area (Å²) in [6.45, 7) is 1.58. The molecule has 5 nitrogen and oxygen atoms in total. The minimum Gasteiger partial charge on any atom is -0.421 e. The van der Waals surface area contributed by atoms with E-state index < -0.39 is 19.8 Å². The maximum absolute atomic E-state index is 13.3. The first kappa shape index (κ1) is 12.0. The van der Waals surface area contributed by atoms with Crippen LogP contribution in [0.2, 0.25) is 0 Å². The molecule has 2 rings (SSSR count). The largest absolute Gasteiger partial charge is 0.421 e. The highest BCUT2D eigenvalue weighted by molar-refractivity contribution is 8.13. The molecular formula is C9H6ClFN2O3S. The first-order valence-electron chi connectivity index (χ1n) is 4.42. The first-order valence-corrected chi connectivity index (χ1v) is 6.73. The van der Waals surface area contributed by atoms with Crippen LogP contribution < -0.4 is 0 Å². The lowest BCUT2D eigenvalue weighted by Gasteiger charge is -2.00. The molecule has 90 valence electrons. The van der Waals surface area contributed by atoms with E-state index in [1.807, 2.05) is 0 Å². The Labute approximate surface area is 101 Å². The summed E-state index contributed by atoms with van der Waals surface area (Å²) in [6.07, 6.45) is 0. The van der Waals surface area contributed by atoms with E-state index >= 15 is 0 Å². The van der Waals surface area contributed by atoms with Gasteiger partial charge in [0.25, 0.3) is 9.05 Å².